The third kappa shape index (κ3) is 1.88. The van der Waals surface area contributed by atoms with Crippen molar-refractivity contribution >= 4 is 23.3 Å². The zero-order valence-electron chi connectivity index (χ0n) is 9.63. The van der Waals surface area contributed by atoms with Crippen molar-refractivity contribution in [3.05, 3.63) is 23.8 Å². The van der Waals surface area contributed by atoms with E-state index >= 15 is 0 Å². The molecule has 1 heterocycles. The molecule has 0 spiro atoms. The number of carbonyl (C=O) groups excluding carboxylic acids is 1. The lowest BCUT2D eigenvalue weighted by Crippen LogP contribution is -2.60. The Morgan fingerprint density at radius 2 is 2.00 bits per heavy atom. The maximum atomic E-state index is 12.9. The van der Waals surface area contributed by atoms with Crippen molar-refractivity contribution < 1.29 is 27.9 Å². The molecule has 1 aromatic carbocycles. The molecule has 0 saturated heterocycles. The average Bonchev–Trinajstić information content (AvgIpc) is 2.28. The van der Waals surface area contributed by atoms with Crippen LogP contribution in [0.25, 0.3) is 0 Å². The van der Waals surface area contributed by atoms with E-state index in [9.17, 15) is 22.8 Å². The molecule has 1 aromatic rings. The first-order chi connectivity index (χ1) is 8.67. The minimum absolute atomic E-state index is 0.00613. The number of aromatic carboxylic acids is 1. The molecule has 5 nitrogen and oxygen atoms in total. The molecule has 1 unspecified atom stereocenters. The van der Waals surface area contributed by atoms with Crippen LogP contribution >= 0.6 is 0 Å². The zero-order valence-corrected chi connectivity index (χ0v) is 9.63. The van der Waals surface area contributed by atoms with Gasteiger partial charge in [0, 0.05) is 0 Å². The Labute approximate surface area is 105 Å². The molecule has 102 valence electrons. The van der Waals surface area contributed by atoms with E-state index in [1.807, 2.05) is 5.32 Å². The van der Waals surface area contributed by atoms with Gasteiger partial charge in [0.25, 0.3) is 5.91 Å². The predicted molar refractivity (Wildman–Crippen MR) is 60.1 cm³/mol. The summed E-state index contributed by atoms with van der Waals surface area (Å²) >= 11 is 0. The maximum absolute atomic E-state index is 12.9. The first-order valence-corrected chi connectivity index (χ1v) is 5.19. The molecular formula is C11H9F3N2O3. The van der Waals surface area contributed by atoms with Gasteiger partial charge < -0.3 is 15.7 Å². The van der Waals surface area contributed by atoms with E-state index in [2.05, 4.69) is 5.32 Å². The number of amides is 1. The van der Waals surface area contributed by atoms with E-state index < -0.39 is 23.6 Å². The quantitative estimate of drug-likeness (QED) is 0.732. The van der Waals surface area contributed by atoms with Gasteiger partial charge >= 0.3 is 12.1 Å². The van der Waals surface area contributed by atoms with Crippen LogP contribution in [0, 0.1) is 0 Å². The molecule has 0 aliphatic carbocycles. The van der Waals surface area contributed by atoms with Crippen molar-refractivity contribution in [3.63, 3.8) is 0 Å². The number of carbonyl (C=O) groups is 2. The minimum atomic E-state index is -4.86. The number of anilines is 2. The number of benzene rings is 1. The van der Waals surface area contributed by atoms with E-state index in [0.717, 1.165) is 6.07 Å². The summed E-state index contributed by atoms with van der Waals surface area (Å²) in [5.41, 5.74) is -3.46. The summed E-state index contributed by atoms with van der Waals surface area (Å²) in [6.45, 7) is 0.657. The monoisotopic (exact) mass is 274 g/mol. The highest BCUT2D eigenvalue weighted by Crippen LogP contribution is 2.41. The van der Waals surface area contributed by atoms with Crippen molar-refractivity contribution in [2.24, 2.45) is 0 Å². The number of halogens is 3. The number of para-hydroxylation sites is 1. The molecular weight excluding hydrogens is 265 g/mol. The second-order valence-corrected chi connectivity index (χ2v) is 4.24. The zero-order chi connectivity index (χ0) is 14.4. The largest absolute Gasteiger partial charge is 0.478 e. The Kier molecular flexibility index (Phi) is 2.69. The highest BCUT2D eigenvalue weighted by Gasteiger charge is 2.59. The number of hydrogen-bond donors (Lipinski definition) is 3. The maximum Gasteiger partial charge on any atom is 0.420 e. The van der Waals surface area contributed by atoms with Gasteiger partial charge in [0.1, 0.15) is 0 Å². The number of rotatable bonds is 1. The van der Waals surface area contributed by atoms with Gasteiger partial charge in [-0.05, 0) is 19.1 Å². The van der Waals surface area contributed by atoms with Crippen LogP contribution < -0.4 is 10.6 Å². The van der Waals surface area contributed by atoms with Crippen LogP contribution in [0.15, 0.2) is 18.2 Å². The Morgan fingerprint density at radius 3 is 2.53 bits per heavy atom. The summed E-state index contributed by atoms with van der Waals surface area (Å²) in [5.74, 6) is -2.67. The SMILES string of the molecule is CC1(C(F)(F)F)Nc2c(cccc2C(=O)O)NC1=O. The number of nitrogens with one attached hydrogen (secondary N) is 2. The van der Waals surface area contributed by atoms with Crippen molar-refractivity contribution in [1.82, 2.24) is 0 Å². The van der Waals surface area contributed by atoms with E-state index in [-0.39, 0.29) is 16.9 Å². The highest BCUT2D eigenvalue weighted by atomic mass is 19.4. The van der Waals surface area contributed by atoms with Gasteiger partial charge in [-0.2, -0.15) is 13.2 Å². The van der Waals surface area contributed by atoms with E-state index in [4.69, 9.17) is 5.11 Å². The molecule has 1 aliphatic heterocycles. The fourth-order valence-corrected chi connectivity index (χ4v) is 1.72. The minimum Gasteiger partial charge on any atom is -0.478 e. The number of alkyl halides is 3. The van der Waals surface area contributed by atoms with Gasteiger partial charge in [0.2, 0.25) is 5.54 Å². The van der Waals surface area contributed by atoms with Crippen LogP contribution in [0.1, 0.15) is 17.3 Å². The molecule has 0 radical (unpaired) electrons. The summed E-state index contributed by atoms with van der Waals surface area (Å²) in [4.78, 5) is 22.5. The van der Waals surface area contributed by atoms with Crippen molar-refractivity contribution in [1.29, 1.82) is 0 Å². The molecule has 1 aliphatic rings. The fourth-order valence-electron chi connectivity index (χ4n) is 1.72. The Balaban J connectivity index is 2.58. The average molecular weight is 274 g/mol. The van der Waals surface area contributed by atoms with Crippen molar-refractivity contribution in [2.45, 2.75) is 18.6 Å². The molecule has 0 bridgehead atoms. The molecule has 3 N–H and O–H groups in total. The normalized spacial score (nSPS) is 22.2. The summed E-state index contributed by atoms with van der Waals surface area (Å²) in [6.07, 6.45) is -4.86. The standard InChI is InChI=1S/C11H9F3N2O3/c1-10(11(12,13)14)9(19)15-6-4-2-3-5(8(17)18)7(6)16-10/h2-4,16H,1H3,(H,15,19)(H,17,18). The molecule has 1 amide bonds. The predicted octanol–water partition coefficient (Wildman–Crippen LogP) is 2.07. The van der Waals surface area contributed by atoms with Crippen molar-refractivity contribution in [2.75, 3.05) is 10.6 Å². The summed E-state index contributed by atoms with van der Waals surface area (Å²) < 4.78 is 38.8. The van der Waals surface area contributed by atoms with Crippen LogP contribution in [0.4, 0.5) is 24.5 Å². The van der Waals surface area contributed by atoms with E-state index in [0.29, 0.717) is 6.92 Å². The van der Waals surface area contributed by atoms with Crippen LogP contribution in [-0.4, -0.2) is 28.7 Å². The summed E-state index contributed by atoms with van der Waals surface area (Å²) in [6, 6.07) is 3.81. The topological polar surface area (TPSA) is 78.4 Å². The number of hydrogen-bond acceptors (Lipinski definition) is 3. The van der Waals surface area contributed by atoms with Gasteiger partial charge in [-0.1, -0.05) is 6.07 Å². The van der Waals surface area contributed by atoms with Gasteiger partial charge in [-0.15, -0.1) is 0 Å². The number of carboxylic acid groups (broad SMARTS) is 1. The molecule has 8 heteroatoms. The fraction of sp³-hybridized carbons (Fsp3) is 0.273. The molecule has 0 saturated carbocycles. The lowest BCUT2D eigenvalue weighted by Gasteiger charge is -2.37. The molecule has 0 fully saturated rings. The van der Waals surface area contributed by atoms with E-state index in [1.165, 1.54) is 12.1 Å². The van der Waals surface area contributed by atoms with Crippen LogP contribution in [0.5, 0.6) is 0 Å². The second-order valence-electron chi connectivity index (χ2n) is 4.24. The number of carboxylic acids is 1. The molecule has 1 atom stereocenters. The Hall–Kier alpha value is -2.25. The molecule has 19 heavy (non-hydrogen) atoms. The van der Waals surface area contributed by atoms with Gasteiger partial charge in [0.05, 0.1) is 16.9 Å². The Morgan fingerprint density at radius 1 is 1.37 bits per heavy atom. The van der Waals surface area contributed by atoms with Crippen LogP contribution in [0.2, 0.25) is 0 Å². The first kappa shape index (κ1) is 13.2. The second kappa shape index (κ2) is 3.87. The van der Waals surface area contributed by atoms with Crippen molar-refractivity contribution in [3.8, 4) is 0 Å². The lowest BCUT2D eigenvalue weighted by atomic mass is 9.95. The summed E-state index contributed by atoms with van der Waals surface area (Å²) in [7, 11) is 0. The van der Waals surface area contributed by atoms with Gasteiger partial charge in [0.15, 0.2) is 0 Å². The highest BCUT2D eigenvalue weighted by molar-refractivity contribution is 6.10. The lowest BCUT2D eigenvalue weighted by molar-refractivity contribution is -0.179. The molecule has 0 aromatic heterocycles. The molecule has 2 rings (SSSR count). The third-order valence-electron chi connectivity index (χ3n) is 2.94. The van der Waals surface area contributed by atoms with Gasteiger partial charge in [-0.25, -0.2) is 4.79 Å². The number of fused-ring (bicyclic) bond motifs is 1. The van der Waals surface area contributed by atoms with Crippen LogP contribution in [0.3, 0.4) is 0 Å². The van der Waals surface area contributed by atoms with E-state index in [1.54, 1.807) is 0 Å². The Bertz CT molecular complexity index is 571. The first-order valence-electron chi connectivity index (χ1n) is 5.19. The summed E-state index contributed by atoms with van der Waals surface area (Å²) in [5, 5.41) is 13.0. The third-order valence-corrected chi connectivity index (χ3v) is 2.94. The smallest absolute Gasteiger partial charge is 0.420 e. The van der Waals surface area contributed by atoms with Gasteiger partial charge in [-0.3, -0.25) is 4.79 Å². The van der Waals surface area contributed by atoms with Crippen LogP contribution in [-0.2, 0) is 4.79 Å².